The van der Waals surface area contributed by atoms with Crippen LogP contribution in [0.25, 0.3) is 15.4 Å². The van der Waals surface area contributed by atoms with Crippen molar-refractivity contribution in [1.29, 1.82) is 0 Å². The monoisotopic (exact) mass is 482 g/mol. The van der Waals surface area contributed by atoms with Gasteiger partial charge in [-0.05, 0) is 36.0 Å². The number of nitrogens with one attached hydrogen (secondary N) is 1. The molecule has 11 heteroatoms. The van der Waals surface area contributed by atoms with Crippen molar-refractivity contribution in [3.8, 4) is 10.4 Å². The van der Waals surface area contributed by atoms with Crippen LogP contribution in [0.1, 0.15) is 27.4 Å². The highest BCUT2D eigenvalue weighted by Gasteiger charge is 2.54. The third-order valence-corrected chi connectivity index (χ3v) is 8.05. The van der Waals surface area contributed by atoms with Gasteiger partial charge in [-0.15, -0.1) is 11.3 Å². The van der Waals surface area contributed by atoms with E-state index in [2.05, 4.69) is 15.3 Å². The lowest BCUT2D eigenvalue weighted by Gasteiger charge is -2.27. The maximum absolute atomic E-state index is 13.8. The van der Waals surface area contributed by atoms with Gasteiger partial charge in [-0.3, -0.25) is 14.0 Å². The van der Waals surface area contributed by atoms with Gasteiger partial charge in [0.05, 0.1) is 17.1 Å². The number of thiazole rings is 2. The van der Waals surface area contributed by atoms with E-state index >= 15 is 0 Å². The molecule has 33 heavy (non-hydrogen) atoms. The highest BCUT2D eigenvalue weighted by molar-refractivity contribution is 7.19. The van der Waals surface area contributed by atoms with E-state index < -0.39 is 0 Å². The van der Waals surface area contributed by atoms with Gasteiger partial charge in [0.1, 0.15) is 17.2 Å². The molecule has 1 saturated carbocycles. The molecule has 4 heterocycles. The van der Waals surface area contributed by atoms with Gasteiger partial charge in [0, 0.05) is 24.7 Å². The van der Waals surface area contributed by atoms with Crippen molar-refractivity contribution in [1.82, 2.24) is 24.6 Å². The summed E-state index contributed by atoms with van der Waals surface area (Å²) in [6, 6.07) is 5.94. The molecule has 168 valence electrons. The predicted octanol–water partition coefficient (Wildman–Crippen LogP) is 3.13. The summed E-state index contributed by atoms with van der Waals surface area (Å²) in [5.41, 5.74) is 7.20. The molecule has 2 fully saturated rings. The average molecular weight is 483 g/mol. The molecule has 2 aliphatic rings. The Bertz CT molecular complexity index is 1390. The summed E-state index contributed by atoms with van der Waals surface area (Å²) in [7, 11) is 0. The number of rotatable bonds is 5. The van der Waals surface area contributed by atoms with E-state index in [1.54, 1.807) is 27.6 Å². The molecule has 8 nitrogen and oxygen atoms in total. The number of imidazole rings is 1. The second-order valence-corrected chi connectivity index (χ2v) is 10.2. The molecule has 3 aromatic heterocycles. The fourth-order valence-corrected chi connectivity index (χ4v) is 6.20. The molecule has 0 bridgehead atoms. The van der Waals surface area contributed by atoms with Crippen LogP contribution in [0.15, 0.2) is 42.0 Å². The predicted molar refractivity (Wildman–Crippen MR) is 124 cm³/mol. The maximum atomic E-state index is 13.8. The second-order valence-electron chi connectivity index (χ2n) is 8.33. The fraction of sp³-hybridized carbons (Fsp3) is 0.273. The Balaban J connectivity index is 1.23. The number of hydrogen-bond donors (Lipinski definition) is 2. The zero-order valence-electron chi connectivity index (χ0n) is 17.3. The molecular formula is C22H19FN6O2S2. The van der Waals surface area contributed by atoms with Crippen LogP contribution in [-0.4, -0.2) is 50.2 Å². The van der Waals surface area contributed by atoms with Crippen molar-refractivity contribution < 1.29 is 14.0 Å². The van der Waals surface area contributed by atoms with E-state index in [0.29, 0.717) is 41.1 Å². The lowest BCUT2D eigenvalue weighted by molar-refractivity contribution is 0.0690. The van der Waals surface area contributed by atoms with Crippen molar-refractivity contribution in [2.45, 2.75) is 12.5 Å². The van der Waals surface area contributed by atoms with Crippen LogP contribution in [0.2, 0.25) is 0 Å². The van der Waals surface area contributed by atoms with Crippen molar-refractivity contribution in [3.63, 3.8) is 0 Å². The first-order chi connectivity index (χ1) is 16.0. The number of carbonyl (C=O) groups excluding carboxylic acids is 2. The number of nitrogen functional groups attached to an aromatic ring is 1. The van der Waals surface area contributed by atoms with Gasteiger partial charge in [-0.25, -0.2) is 14.4 Å². The first-order valence-electron chi connectivity index (χ1n) is 10.5. The van der Waals surface area contributed by atoms with E-state index in [9.17, 15) is 14.0 Å². The van der Waals surface area contributed by atoms with Crippen LogP contribution in [0, 0.1) is 17.7 Å². The highest BCUT2D eigenvalue weighted by Crippen LogP contribution is 2.50. The molecule has 1 saturated heterocycles. The van der Waals surface area contributed by atoms with Crippen molar-refractivity contribution in [3.05, 3.63) is 59.2 Å². The van der Waals surface area contributed by atoms with Gasteiger partial charge in [-0.1, -0.05) is 23.5 Å². The topological polar surface area (TPSA) is 106 Å². The zero-order chi connectivity index (χ0) is 22.7. The molecule has 1 aromatic carbocycles. The number of aromatic nitrogens is 3. The van der Waals surface area contributed by atoms with Gasteiger partial charge < -0.3 is 16.0 Å². The van der Waals surface area contributed by atoms with Crippen molar-refractivity contribution in [2.75, 3.05) is 18.8 Å². The number of hydrogen-bond acceptors (Lipinski definition) is 7. The molecular weight excluding hydrogens is 463 g/mol. The van der Waals surface area contributed by atoms with Crippen LogP contribution in [0.4, 0.5) is 9.52 Å². The molecule has 6 rings (SSSR count). The third kappa shape index (κ3) is 3.47. The minimum Gasteiger partial charge on any atom is -0.375 e. The van der Waals surface area contributed by atoms with E-state index in [-0.39, 0.29) is 34.5 Å². The molecule has 0 spiro atoms. The summed E-state index contributed by atoms with van der Waals surface area (Å²) in [5, 5.41) is 5.11. The smallest absolute Gasteiger partial charge is 0.274 e. The van der Waals surface area contributed by atoms with Gasteiger partial charge in [0.25, 0.3) is 11.8 Å². The average Bonchev–Trinajstić information content (AvgIpc) is 3.19. The summed E-state index contributed by atoms with van der Waals surface area (Å²) in [6.45, 7) is 0.962. The molecule has 0 unspecified atom stereocenters. The van der Waals surface area contributed by atoms with Crippen LogP contribution in [0.5, 0.6) is 0 Å². The third-order valence-electron chi connectivity index (χ3n) is 6.35. The normalized spacial score (nSPS) is 21.4. The van der Waals surface area contributed by atoms with Gasteiger partial charge in [0.15, 0.2) is 10.1 Å². The summed E-state index contributed by atoms with van der Waals surface area (Å²) < 4.78 is 15.5. The van der Waals surface area contributed by atoms with Crippen LogP contribution < -0.4 is 11.1 Å². The number of amides is 2. The number of nitrogens with zero attached hydrogens (tertiary/aromatic N) is 4. The van der Waals surface area contributed by atoms with Crippen LogP contribution >= 0.6 is 22.7 Å². The Labute approximate surface area is 195 Å². The maximum Gasteiger partial charge on any atom is 0.274 e. The zero-order valence-corrected chi connectivity index (χ0v) is 18.9. The summed E-state index contributed by atoms with van der Waals surface area (Å²) >= 11 is 2.63. The molecule has 1 aliphatic carbocycles. The van der Waals surface area contributed by atoms with Gasteiger partial charge in [-0.2, -0.15) is 0 Å². The molecule has 2 amide bonds. The summed E-state index contributed by atoms with van der Waals surface area (Å²) in [5.74, 6) is -0.0630. The van der Waals surface area contributed by atoms with Crippen molar-refractivity contribution >= 4 is 44.6 Å². The standard InChI is InChI=1S/C22H19FN6O2S2/c23-13-3-1-2-11(6-13)18-17(27-21(24)33-18)20(31)29-10-12-7-14(12)15(29)8-25-19(30)16-9-26-22-28(16)4-5-32-22/h1-6,9,12,14-15H,7-8,10H2,(H2,24,27)(H,25,30)/t12-,14-,15+/m0/s1. The number of halogens is 1. The second kappa shape index (κ2) is 7.63. The number of anilines is 1. The summed E-state index contributed by atoms with van der Waals surface area (Å²) in [6.07, 6.45) is 4.41. The van der Waals surface area contributed by atoms with Crippen LogP contribution in [0.3, 0.4) is 0 Å². The van der Waals surface area contributed by atoms with Crippen molar-refractivity contribution in [2.24, 2.45) is 11.8 Å². The molecule has 4 aromatic rings. The van der Waals surface area contributed by atoms with Crippen LogP contribution in [-0.2, 0) is 0 Å². The largest absolute Gasteiger partial charge is 0.375 e. The number of benzene rings is 1. The molecule has 1 aliphatic heterocycles. The minimum atomic E-state index is -0.388. The lowest BCUT2D eigenvalue weighted by Crippen LogP contribution is -2.46. The van der Waals surface area contributed by atoms with E-state index in [1.165, 1.54) is 34.8 Å². The van der Waals surface area contributed by atoms with E-state index in [1.807, 2.05) is 11.6 Å². The Kier molecular flexibility index (Phi) is 4.70. The Hall–Kier alpha value is -3.31. The first kappa shape index (κ1) is 20.3. The van der Waals surface area contributed by atoms with E-state index in [0.717, 1.165) is 11.4 Å². The Morgan fingerprint density at radius 2 is 2.21 bits per heavy atom. The number of piperidine rings is 1. The number of fused-ring (bicyclic) bond motifs is 2. The highest BCUT2D eigenvalue weighted by atomic mass is 32.1. The lowest BCUT2D eigenvalue weighted by atomic mass is 10.1. The fourth-order valence-electron chi connectivity index (χ4n) is 4.69. The summed E-state index contributed by atoms with van der Waals surface area (Å²) in [4.78, 5) is 37.9. The quantitative estimate of drug-likeness (QED) is 0.455. The Morgan fingerprint density at radius 1 is 1.33 bits per heavy atom. The Morgan fingerprint density at radius 3 is 3.06 bits per heavy atom. The SMILES string of the molecule is Nc1nc(C(=O)N2C[C@@H]3C[C@@H]3[C@H]2CNC(=O)c2cnc3sccn23)c(-c2cccc(F)c2)s1. The number of nitrogens with two attached hydrogens (primary N) is 1. The molecule has 3 N–H and O–H groups in total. The first-order valence-corrected chi connectivity index (χ1v) is 12.2. The molecule has 3 atom stereocenters. The number of likely N-dealkylation sites (tertiary alicyclic amines) is 1. The minimum absolute atomic E-state index is 0.124. The number of carbonyl (C=O) groups is 2. The van der Waals surface area contributed by atoms with Gasteiger partial charge in [0.2, 0.25) is 0 Å². The van der Waals surface area contributed by atoms with Gasteiger partial charge >= 0.3 is 0 Å². The van der Waals surface area contributed by atoms with E-state index in [4.69, 9.17) is 5.73 Å². The molecule has 0 radical (unpaired) electrons.